The van der Waals surface area contributed by atoms with E-state index in [-0.39, 0.29) is 11.8 Å². The average molecular weight is 417 g/mol. The molecule has 0 unspecified atom stereocenters. The van der Waals surface area contributed by atoms with Crippen molar-refractivity contribution in [1.82, 2.24) is 0 Å². The molecule has 1 aromatic heterocycles. The summed E-state index contributed by atoms with van der Waals surface area (Å²) in [6.45, 7) is 8.25. The number of hydrogen-bond acceptors (Lipinski definition) is 4. The van der Waals surface area contributed by atoms with Gasteiger partial charge in [0, 0.05) is 10.6 Å². The van der Waals surface area contributed by atoms with Crippen molar-refractivity contribution in [2.75, 3.05) is 10.2 Å². The van der Waals surface area contributed by atoms with Gasteiger partial charge in [-0.25, -0.2) is 4.90 Å². The van der Waals surface area contributed by atoms with Crippen LogP contribution in [0.3, 0.4) is 0 Å². The van der Waals surface area contributed by atoms with E-state index >= 15 is 0 Å². The van der Waals surface area contributed by atoms with Crippen LogP contribution >= 0.6 is 11.3 Å². The first-order chi connectivity index (χ1) is 14.3. The standard InChI is InChI=1S/C25H24N2O2S/c1-15(2)18-7-9-20(10-8-18)27-24(28)22(21-6-5-11-30-21)23(25(27)29)26-19-13-16(3)12-17(4)14-19/h5-15,26H,1-4H3. The molecule has 0 radical (unpaired) electrons. The third-order valence-electron chi connectivity index (χ3n) is 5.16. The molecule has 0 saturated heterocycles. The predicted octanol–water partition coefficient (Wildman–Crippen LogP) is 5.88. The minimum Gasteiger partial charge on any atom is -0.350 e. The van der Waals surface area contributed by atoms with E-state index in [0.29, 0.717) is 22.9 Å². The van der Waals surface area contributed by atoms with Gasteiger partial charge in [0.1, 0.15) is 5.70 Å². The zero-order chi connectivity index (χ0) is 21.4. The molecule has 0 fully saturated rings. The van der Waals surface area contributed by atoms with Crippen LogP contribution < -0.4 is 10.2 Å². The van der Waals surface area contributed by atoms with Gasteiger partial charge in [0.2, 0.25) is 0 Å². The Hall–Kier alpha value is -3.18. The van der Waals surface area contributed by atoms with E-state index in [0.717, 1.165) is 27.3 Å². The van der Waals surface area contributed by atoms with Crippen LogP contribution in [-0.4, -0.2) is 11.8 Å². The van der Waals surface area contributed by atoms with Crippen molar-refractivity contribution in [3.8, 4) is 0 Å². The van der Waals surface area contributed by atoms with E-state index in [1.165, 1.54) is 16.2 Å². The second kappa shape index (κ2) is 7.92. The molecule has 4 rings (SSSR count). The first-order valence-corrected chi connectivity index (χ1v) is 10.9. The van der Waals surface area contributed by atoms with Crippen LogP contribution in [0.2, 0.25) is 0 Å². The Labute approximate surface area is 180 Å². The number of benzene rings is 2. The summed E-state index contributed by atoms with van der Waals surface area (Å²) >= 11 is 1.45. The zero-order valence-electron chi connectivity index (χ0n) is 17.5. The lowest BCUT2D eigenvalue weighted by Crippen LogP contribution is -2.32. The second-order valence-corrected chi connectivity index (χ2v) is 8.87. The number of imide groups is 1. The average Bonchev–Trinajstić information content (AvgIpc) is 3.28. The summed E-state index contributed by atoms with van der Waals surface area (Å²) in [5.41, 5.74) is 5.47. The van der Waals surface area contributed by atoms with Crippen LogP contribution in [0.25, 0.3) is 5.57 Å². The molecule has 1 aliphatic rings. The van der Waals surface area contributed by atoms with Gasteiger partial charge in [0.25, 0.3) is 11.8 Å². The molecule has 0 spiro atoms. The third kappa shape index (κ3) is 3.68. The lowest BCUT2D eigenvalue weighted by Gasteiger charge is -2.16. The van der Waals surface area contributed by atoms with E-state index in [1.54, 1.807) is 0 Å². The molecule has 2 heterocycles. The number of thiophene rings is 1. The van der Waals surface area contributed by atoms with Crippen molar-refractivity contribution in [1.29, 1.82) is 0 Å². The number of aryl methyl sites for hydroxylation is 2. The SMILES string of the molecule is Cc1cc(C)cc(NC2=C(c3cccs3)C(=O)N(c3ccc(C(C)C)cc3)C2=O)c1. The summed E-state index contributed by atoms with van der Waals surface area (Å²) in [4.78, 5) is 28.8. The lowest BCUT2D eigenvalue weighted by molar-refractivity contribution is -0.120. The quantitative estimate of drug-likeness (QED) is 0.528. The Bertz CT molecular complexity index is 1120. The smallest absolute Gasteiger partial charge is 0.282 e. The largest absolute Gasteiger partial charge is 0.350 e. The number of amides is 2. The van der Waals surface area contributed by atoms with Crippen LogP contribution in [0.4, 0.5) is 11.4 Å². The van der Waals surface area contributed by atoms with Gasteiger partial charge >= 0.3 is 0 Å². The van der Waals surface area contributed by atoms with Crippen molar-refractivity contribution in [3.05, 3.63) is 87.2 Å². The molecule has 30 heavy (non-hydrogen) atoms. The molecule has 0 atom stereocenters. The fraction of sp³-hybridized carbons (Fsp3) is 0.200. The molecule has 0 bridgehead atoms. The van der Waals surface area contributed by atoms with Gasteiger partial charge in [-0.1, -0.05) is 38.1 Å². The molecule has 4 nitrogen and oxygen atoms in total. The Morgan fingerprint density at radius 2 is 1.57 bits per heavy atom. The minimum atomic E-state index is -0.333. The van der Waals surface area contributed by atoms with E-state index in [2.05, 4.69) is 25.2 Å². The molecular weight excluding hydrogens is 392 g/mol. The summed E-state index contributed by atoms with van der Waals surface area (Å²) in [5.74, 6) is -0.253. The van der Waals surface area contributed by atoms with Gasteiger partial charge in [-0.2, -0.15) is 0 Å². The molecule has 2 amide bonds. The first kappa shape index (κ1) is 20.1. The summed E-state index contributed by atoms with van der Waals surface area (Å²) in [6.07, 6.45) is 0. The highest BCUT2D eigenvalue weighted by molar-refractivity contribution is 7.11. The van der Waals surface area contributed by atoms with Crippen LogP contribution in [0.15, 0.2) is 65.7 Å². The number of carbonyl (C=O) groups is 2. The maximum absolute atomic E-state index is 13.4. The van der Waals surface area contributed by atoms with Crippen LogP contribution in [-0.2, 0) is 9.59 Å². The second-order valence-electron chi connectivity index (χ2n) is 7.92. The highest BCUT2D eigenvalue weighted by Gasteiger charge is 2.40. The number of carbonyl (C=O) groups excluding carboxylic acids is 2. The van der Waals surface area contributed by atoms with Gasteiger partial charge in [-0.3, -0.25) is 9.59 Å². The molecule has 3 aromatic rings. The van der Waals surface area contributed by atoms with Gasteiger partial charge < -0.3 is 5.32 Å². The van der Waals surface area contributed by atoms with Crippen molar-refractivity contribution >= 4 is 40.1 Å². The van der Waals surface area contributed by atoms with Crippen LogP contribution in [0.1, 0.15) is 41.3 Å². The summed E-state index contributed by atoms with van der Waals surface area (Å²) < 4.78 is 0. The van der Waals surface area contributed by atoms with Gasteiger partial charge in [0.15, 0.2) is 0 Å². The van der Waals surface area contributed by atoms with Crippen molar-refractivity contribution in [3.63, 3.8) is 0 Å². The van der Waals surface area contributed by atoms with E-state index in [4.69, 9.17) is 0 Å². The third-order valence-corrected chi connectivity index (χ3v) is 6.05. The van der Waals surface area contributed by atoms with Gasteiger partial charge in [-0.15, -0.1) is 11.3 Å². The molecule has 1 N–H and O–H groups in total. The highest BCUT2D eigenvalue weighted by Crippen LogP contribution is 2.36. The Morgan fingerprint density at radius 3 is 2.13 bits per heavy atom. The topological polar surface area (TPSA) is 49.4 Å². The van der Waals surface area contributed by atoms with E-state index in [9.17, 15) is 9.59 Å². The molecule has 5 heteroatoms. The van der Waals surface area contributed by atoms with Gasteiger partial charge in [-0.05, 0) is 72.2 Å². The monoisotopic (exact) mass is 416 g/mol. The fourth-order valence-electron chi connectivity index (χ4n) is 3.73. The number of nitrogens with zero attached hydrogens (tertiary/aromatic N) is 1. The van der Waals surface area contributed by atoms with Crippen molar-refractivity contribution in [2.45, 2.75) is 33.6 Å². The van der Waals surface area contributed by atoms with Crippen LogP contribution in [0, 0.1) is 13.8 Å². The maximum atomic E-state index is 13.4. The highest BCUT2D eigenvalue weighted by atomic mass is 32.1. The Kier molecular flexibility index (Phi) is 5.31. The Balaban J connectivity index is 1.76. The Morgan fingerprint density at radius 1 is 0.900 bits per heavy atom. The molecule has 1 aliphatic heterocycles. The number of rotatable bonds is 5. The zero-order valence-corrected chi connectivity index (χ0v) is 18.3. The van der Waals surface area contributed by atoms with E-state index in [1.807, 2.05) is 67.8 Å². The predicted molar refractivity (Wildman–Crippen MR) is 124 cm³/mol. The summed E-state index contributed by atoms with van der Waals surface area (Å²) in [6, 6.07) is 17.4. The van der Waals surface area contributed by atoms with Crippen molar-refractivity contribution in [2.24, 2.45) is 0 Å². The number of hydrogen-bond donors (Lipinski definition) is 1. The van der Waals surface area contributed by atoms with Crippen LogP contribution in [0.5, 0.6) is 0 Å². The van der Waals surface area contributed by atoms with Crippen molar-refractivity contribution < 1.29 is 9.59 Å². The van der Waals surface area contributed by atoms with E-state index < -0.39 is 0 Å². The molecule has 0 saturated carbocycles. The first-order valence-electron chi connectivity index (χ1n) is 9.97. The maximum Gasteiger partial charge on any atom is 0.282 e. The minimum absolute atomic E-state index is 0.299. The molecule has 2 aromatic carbocycles. The number of anilines is 2. The van der Waals surface area contributed by atoms with Gasteiger partial charge in [0.05, 0.1) is 11.3 Å². The fourth-order valence-corrected chi connectivity index (χ4v) is 4.50. The molecular formula is C25H24N2O2S. The summed E-state index contributed by atoms with van der Waals surface area (Å²) in [5, 5.41) is 5.16. The molecule has 0 aliphatic carbocycles. The summed E-state index contributed by atoms with van der Waals surface area (Å²) in [7, 11) is 0. The number of nitrogens with one attached hydrogen (secondary N) is 1. The molecule has 152 valence electrons. The normalized spacial score (nSPS) is 14.2. The lowest BCUT2D eigenvalue weighted by atomic mass is 10.0.